The summed E-state index contributed by atoms with van der Waals surface area (Å²) >= 11 is 3.35. The number of nitriles is 2. The second kappa shape index (κ2) is 10.2. The van der Waals surface area contributed by atoms with Gasteiger partial charge in [0.25, 0.3) is 0 Å². The van der Waals surface area contributed by atoms with Gasteiger partial charge in [-0.2, -0.15) is 14.9 Å². The summed E-state index contributed by atoms with van der Waals surface area (Å²) in [5.74, 6) is -6.59. The standard InChI is InChI=1S/C24H14BrF3N2O3/c1-2-10-32-24(31)19-15(4-3-5-18(19)25)13-6-8-14(9-7-13)33-23-21(27)17(12-30)16(11-29)20(26)22(23)28/h3-9H,2,10H2,1H3. The Labute approximate surface area is 195 Å². The minimum Gasteiger partial charge on any atom is -0.462 e. The number of benzene rings is 3. The van der Waals surface area contributed by atoms with Crippen LogP contribution in [0.15, 0.2) is 46.9 Å². The van der Waals surface area contributed by atoms with Crippen molar-refractivity contribution < 1.29 is 27.4 Å². The van der Waals surface area contributed by atoms with E-state index in [4.69, 9.17) is 20.0 Å². The van der Waals surface area contributed by atoms with Crippen LogP contribution in [-0.2, 0) is 4.74 Å². The fraction of sp³-hybridized carbons (Fsp3) is 0.125. The summed E-state index contributed by atoms with van der Waals surface area (Å²) in [6.45, 7) is 2.13. The van der Waals surface area contributed by atoms with Crippen molar-refractivity contribution in [2.24, 2.45) is 0 Å². The van der Waals surface area contributed by atoms with E-state index in [1.165, 1.54) is 36.4 Å². The first-order valence-electron chi connectivity index (χ1n) is 9.58. The lowest BCUT2D eigenvalue weighted by Crippen LogP contribution is -2.08. The van der Waals surface area contributed by atoms with E-state index < -0.39 is 40.3 Å². The van der Waals surface area contributed by atoms with E-state index in [1.54, 1.807) is 18.2 Å². The van der Waals surface area contributed by atoms with Crippen molar-refractivity contribution in [2.45, 2.75) is 13.3 Å². The molecule has 5 nitrogen and oxygen atoms in total. The molecule has 0 spiro atoms. The number of esters is 1. The van der Waals surface area contributed by atoms with E-state index in [9.17, 15) is 18.0 Å². The van der Waals surface area contributed by atoms with Gasteiger partial charge in [0.15, 0.2) is 11.6 Å². The Morgan fingerprint density at radius 2 is 1.61 bits per heavy atom. The molecule has 0 N–H and O–H groups in total. The smallest absolute Gasteiger partial charge is 0.339 e. The largest absolute Gasteiger partial charge is 0.462 e. The van der Waals surface area contributed by atoms with Gasteiger partial charge in [0.2, 0.25) is 11.6 Å². The summed E-state index contributed by atoms with van der Waals surface area (Å²) in [5.41, 5.74) is -0.549. The highest BCUT2D eigenvalue weighted by Crippen LogP contribution is 2.35. The molecule has 0 aliphatic rings. The highest BCUT2D eigenvalue weighted by atomic mass is 79.9. The van der Waals surface area contributed by atoms with Gasteiger partial charge >= 0.3 is 5.97 Å². The minimum absolute atomic E-state index is 0.0605. The van der Waals surface area contributed by atoms with E-state index in [-0.39, 0.29) is 12.4 Å². The van der Waals surface area contributed by atoms with Crippen molar-refractivity contribution in [1.29, 1.82) is 10.5 Å². The Balaban J connectivity index is 1.98. The molecule has 9 heteroatoms. The van der Waals surface area contributed by atoms with Gasteiger partial charge in [-0.15, -0.1) is 0 Å². The maximum Gasteiger partial charge on any atom is 0.339 e. The Hall–Kier alpha value is -3.82. The summed E-state index contributed by atoms with van der Waals surface area (Å²) in [4.78, 5) is 12.5. The van der Waals surface area contributed by atoms with E-state index in [2.05, 4.69) is 15.9 Å². The maximum absolute atomic E-state index is 14.5. The van der Waals surface area contributed by atoms with Crippen LogP contribution in [0.3, 0.4) is 0 Å². The number of halogens is 4. The van der Waals surface area contributed by atoms with Crippen molar-refractivity contribution >= 4 is 21.9 Å². The van der Waals surface area contributed by atoms with E-state index >= 15 is 0 Å². The lowest BCUT2D eigenvalue weighted by Gasteiger charge is -2.13. The monoisotopic (exact) mass is 514 g/mol. The molecule has 0 heterocycles. The van der Waals surface area contributed by atoms with Crippen molar-refractivity contribution in [3.63, 3.8) is 0 Å². The first-order chi connectivity index (χ1) is 15.8. The van der Waals surface area contributed by atoms with Gasteiger partial charge in [0.05, 0.1) is 12.2 Å². The molecular weight excluding hydrogens is 501 g/mol. The van der Waals surface area contributed by atoms with Crippen LogP contribution in [-0.4, -0.2) is 12.6 Å². The fourth-order valence-electron chi connectivity index (χ4n) is 3.00. The zero-order chi connectivity index (χ0) is 24.1. The van der Waals surface area contributed by atoms with Crippen LogP contribution in [0.25, 0.3) is 11.1 Å². The topological polar surface area (TPSA) is 83.1 Å². The zero-order valence-corrected chi connectivity index (χ0v) is 18.7. The molecule has 0 amide bonds. The average Bonchev–Trinajstić information content (AvgIpc) is 2.82. The first-order valence-corrected chi connectivity index (χ1v) is 10.4. The summed E-state index contributed by atoms with van der Waals surface area (Å²) in [6.07, 6.45) is 0.661. The minimum atomic E-state index is -1.72. The van der Waals surface area contributed by atoms with Crippen LogP contribution in [0.1, 0.15) is 34.8 Å². The summed E-state index contributed by atoms with van der Waals surface area (Å²) in [5, 5.41) is 17.9. The van der Waals surface area contributed by atoms with E-state index in [0.29, 0.717) is 27.6 Å². The predicted octanol–water partition coefficient (Wildman–Crippen LogP) is 6.64. The molecule has 0 aromatic heterocycles. The predicted molar refractivity (Wildman–Crippen MR) is 116 cm³/mol. The summed E-state index contributed by atoms with van der Waals surface area (Å²) < 4.78 is 53.8. The number of nitrogens with zero attached hydrogens (tertiary/aromatic N) is 2. The van der Waals surface area contributed by atoms with Gasteiger partial charge in [-0.1, -0.05) is 31.2 Å². The lowest BCUT2D eigenvalue weighted by molar-refractivity contribution is 0.0505. The lowest BCUT2D eigenvalue weighted by atomic mass is 9.99. The number of rotatable bonds is 6. The third-order valence-electron chi connectivity index (χ3n) is 4.54. The Kier molecular flexibility index (Phi) is 7.37. The fourth-order valence-corrected chi connectivity index (χ4v) is 3.53. The van der Waals surface area contributed by atoms with Crippen LogP contribution in [0.5, 0.6) is 11.5 Å². The third-order valence-corrected chi connectivity index (χ3v) is 5.21. The molecule has 0 radical (unpaired) electrons. The van der Waals surface area contributed by atoms with E-state index in [0.717, 1.165) is 0 Å². The molecule has 3 aromatic carbocycles. The molecule has 0 fully saturated rings. The second-order valence-corrected chi connectivity index (χ2v) is 7.52. The second-order valence-electron chi connectivity index (χ2n) is 6.67. The Bertz CT molecular complexity index is 1310. The van der Waals surface area contributed by atoms with Crippen LogP contribution in [0.4, 0.5) is 13.2 Å². The molecule has 0 atom stereocenters. The average molecular weight is 515 g/mol. The van der Waals surface area contributed by atoms with Gasteiger partial charge in [-0.05, 0) is 51.7 Å². The molecular formula is C24H14BrF3N2O3. The van der Waals surface area contributed by atoms with Crippen molar-refractivity contribution in [1.82, 2.24) is 0 Å². The quantitative estimate of drug-likeness (QED) is 0.272. The van der Waals surface area contributed by atoms with Crippen LogP contribution in [0.2, 0.25) is 0 Å². The number of carbonyl (C=O) groups is 1. The van der Waals surface area contributed by atoms with Gasteiger partial charge < -0.3 is 9.47 Å². The first kappa shape index (κ1) is 23.8. The van der Waals surface area contributed by atoms with E-state index in [1.807, 2.05) is 6.92 Å². The number of ether oxygens (including phenoxy) is 2. The van der Waals surface area contributed by atoms with Gasteiger partial charge in [0, 0.05) is 4.47 Å². The van der Waals surface area contributed by atoms with Crippen molar-refractivity contribution in [3.05, 3.63) is 81.1 Å². The molecule has 3 rings (SSSR count). The van der Waals surface area contributed by atoms with Crippen LogP contribution in [0, 0.1) is 40.1 Å². The molecule has 0 aliphatic heterocycles. The molecule has 0 bridgehead atoms. The van der Waals surface area contributed by atoms with Gasteiger partial charge in [-0.25, -0.2) is 13.6 Å². The number of hydrogen-bond donors (Lipinski definition) is 0. The number of hydrogen-bond acceptors (Lipinski definition) is 5. The maximum atomic E-state index is 14.5. The third kappa shape index (κ3) is 4.69. The molecule has 0 aliphatic carbocycles. The number of carbonyl (C=O) groups excluding carboxylic acids is 1. The Morgan fingerprint density at radius 1 is 0.970 bits per heavy atom. The highest BCUT2D eigenvalue weighted by Gasteiger charge is 2.27. The van der Waals surface area contributed by atoms with Gasteiger partial charge in [-0.3, -0.25) is 0 Å². The van der Waals surface area contributed by atoms with Crippen LogP contribution >= 0.6 is 15.9 Å². The summed E-state index contributed by atoms with van der Waals surface area (Å²) in [6, 6.07) is 13.5. The van der Waals surface area contributed by atoms with Crippen molar-refractivity contribution in [3.8, 4) is 34.8 Å². The highest BCUT2D eigenvalue weighted by molar-refractivity contribution is 9.10. The van der Waals surface area contributed by atoms with Crippen LogP contribution < -0.4 is 4.74 Å². The molecule has 3 aromatic rings. The molecule has 0 saturated heterocycles. The van der Waals surface area contributed by atoms with Crippen molar-refractivity contribution in [2.75, 3.05) is 6.61 Å². The Morgan fingerprint density at radius 3 is 2.21 bits per heavy atom. The molecule has 33 heavy (non-hydrogen) atoms. The normalized spacial score (nSPS) is 10.3. The van der Waals surface area contributed by atoms with Gasteiger partial charge in [0.1, 0.15) is 29.0 Å². The molecule has 166 valence electrons. The zero-order valence-electron chi connectivity index (χ0n) is 17.1. The summed E-state index contributed by atoms with van der Waals surface area (Å²) in [7, 11) is 0. The SMILES string of the molecule is CCCOC(=O)c1c(Br)cccc1-c1ccc(Oc2c(F)c(F)c(C#N)c(C#N)c2F)cc1. The molecule has 0 saturated carbocycles. The molecule has 0 unspecified atom stereocenters.